The molecule has 0 spiro atoms. The van der Waals surface area contributed by atoms with Gasteiger partial charge in [0.1, 0.15) is 6.61 Å². The van der Waals surface area contributed by atoms with E-state index in [1.54, 1.807) is 6.92 Å². The zero-order valence-corrected chi connectivity index (χ0v) is 13.4. The van der Waals surface area contributed by atoms with E-state index in [-0.39, 0.29) is 24.9 Å². The van der Waals surface area contributed by atoms with Crippen LogP contribution in [0.15, 0.2) is 12.7 Å². The molecule has 6 heteroatoms. The molecule has 1 N–H and O–H groups in total. The Balaban J connectivity index is 3.67. The molecular weight excluding hydrogens is 276 g/mol. The molecule has 0 bridgehead atoms. The summed E-state index contributed by atoms with van der Waals surface area (Å²) in [5, 5.41) is 9.10. The van der Waals surface area contributed by atoms with Crippen LogP contribution in [-0.4, -0.2) is 61.9 Å². The van der Waals surface area contributed by atoms with E-state index >= 15 is 0 Å². The standard InChI is InChI=1S/C15H28O6/c1-6-15(17)21-10-14(5)20-9-13(4)19-8-12(3)18-7-11(2)16/h6,11-14,16H,1,7-10H2,2-5H3. The summed E-state index contributed by atoms with van der Waals surface area (Å²) in [5.74, 6) is -0.459. The topological polar surface area (TPSA) is 74.2 Å². The second kappa shape index (κ2) is 11.7. The van der Waals surface area contributed by atoms with Gasteiger partial charge in [-0.1, -0.05) is 6.58 Å². The molecule has 0 radical (unpaired) electrons. The monoisotopic (exact) mass is 304 g/mol. The summed E-state index contributed by atoms with van der Waals surface area (Å²) in [7, 11) is 0. The molecule has 0 heterocycles. The van der Waals surface area contributed by atoms with Crippen LogP contribution in [0.5, 0.6) is 0 Å². The molecule has 0 saturated heterocycles. The first-order chi connectivity index (χ1) is 9.85. The Labute approximate surface area is 127 Å². The highest BCUT2D eigenvalue weighted by atomic mass is 16.6. The molecular formula is C15H28O6. The molecule has 0 saturated carbocycles. The normalized spacial score (nSPS) is 16.8. The maximum Gasteiger partial charge on any atom is 0.330 e. The van der Waals surface area contributed by atoms with E-state index < -0.39 is 12.1 Å². The van der Waals surface area contributed by atoms with E-state index in [1.165, 1.54) is 0 Å². The average molecular weight is 304 g/mol. The van der Waals surface area contributed by atoms with Crippen LogP contribution in [0, 0.1) is 0 Å². The third-order valence-corrected chi connectivity index (χ3v) is 2.48. The van der Waals surface area contributed by atoms with E-state index in [1.807, 2.05) is 20.8 Å². The Hall–Kier alpha value is -0.950. The fraction of sp³-hybridized carbons (Fsp3) is 0.800. The number of aliphatic hydroxyl groups excluding tert-OH is 1. The van der Waals surface area contributed by atoms with E-state index in [0.29, 0.717) is 19.8 Å². The highest BCUT2D eigenvalue weighted by Gasteiger charge is 2.11. The van der Waals surface area contributed by atoms with Crippen molar-refractivity contribution < 1.29 is 28.8 Å². The first-order valence-corrected chi connectivity index (χ1v) is 7.17. The van der Waals surface area contributed by atoms with Crippen molar-refractivity contribution in [2.45, 2.75) is 52.1 Å². The van der Waals surface area contributed by atoms with Gasteiger partial charge >= 0.3 is 5.97 Å². The predicted octanol–water partition coefficient (Wildman–Crippen LogP) is 1.31. The smallest absolute Gasteiger partial charge is 0.330 e. The van der Waals surface area contributed by atoms with Gasteiger partial charge in [0.05, 0.1) is 44.2 Å². The van der Waals surface area contributed by atoms with Gasteiger partial charge in [-0.05, 0) is 27.7 Å². The molecule has 0 rings (SSSR count). The van der Waals surface area contributed by atoms with Crippen LogP contribution >= 0.6 is 0 Å². The lowest BCUT2D eigenvalue weighted by molar-refractivity contribution is -0.142. The van der Waals surface area contributed by atoms with E-state index in [9.17, 15) is 4.79 Å². The Morgan fingerprint density at radius 1 is 0.952 bits per heavy atom. The molecule has 0 aromatic heterocycles. The van der Waals surface area contributed by atoms with Crippen LogP contribution in [0.3, 0.4) is 0 Å². The molecule has 0 aromatic carbocycles. The SMILES string of the molecule is C=CC(=O)OCC(C)OCC(C)OCC(C)OCC(C)O. The molecule has 124 valence electrons. The highest BCUT2D eigenvalue weighted by Crippen LogP contribution is 2.01. The summed E-state index contributed by atoms with van der Waals surface area (Å²) < 4.78 is 21.3. The largest absolute Gasteiger partial charge is 0.460 e. The minimum atomic E-state index is -0.479. The quantitative estimate of drug-likeness (QED) is 0.433. The van der Waals surface area contributed by atoms with Gasteiger partial charge in [-0.3, -0.25) is 0 Å². The zero-order valence-electron chi connectivity index (χ0n) is 13.4. The molecule has 0 aliphatic carbocycles. The van der Waals surface area contributed by atoms with Crippen molar-refractivity contribution >= 4 is 5.97 Å². The molecule has 6 nitrogen and oxygen atoms in total. The first-order valence-electron chi connectivity index (χ1n) is 7.17. The third kappa shape index (κ3) is 12.5. The number of rotatable bonds is 12. The summed E-state index contributed by atoms with van der Waals surface area (Å²) in [6.07, 6.45) is 0.247. The number of esters is 1. The number of hydrogen-bond acceptors (Lipinski definition) is 6. The van der Waals surface area contributed by atoms with Gasteiger partial charge in [0.15, 0.2) is 0 Å². The van der Waals surface area contributed by atoms with Crippen LogP contribution in [0.4, 0.5) is 0 Å². The summed E-state index contributed by atoms with van der Waals surface area (Å²) in [5.41, 5.74) is 0. The van der Waals surface area contributed by atoms with Gasteiger partial charge in [-0.2, -0.15) is 0 Å². The van der Waals surface area contributed by atoms with E-state index in [0.717, 1.165) is 6.08 Å². The molecule has 21 heavy (non-hydrogen) atoms. The van der Waals surface area contributed by atoms with Crippen molar-refractivity contribution in [2.24, 2.45) is 0 Å². The van der Waals surface area contributed by atoms with Crippen molar-refractivity contribution in [2.75, 3.05) is 26.4 Å². The van der Waals surface area contributed by atoms with Crippen molar-refractivity contribution in [3.8, 4) is 0 Å². The third-order valence-electron chi connectivity index (χ3n) is 2.48. The number of hydrogen-bond donors (Lipinski definition) is 1. The summed E-state index contributed by atoms with van der Waals surface area (Å²) in [6, 6.07) is 0. The Morgan fingerprint density at radius 3 is 1.81 bits per heavy atom. The van der Waals surface area contributed by atoms with Crippen LogP contribution < -0.4 is 0 Å². The number of carbonyl (C=O) groups is 1. The van der Waals surface area contributed by atoms with Gasteiger partial charge < -0.3 is 24.1 Å². The van der Waals surface area contributed by atoms with Gasteiger partial charge in [0, 0.05) is 6.08 Å². The van der Waals surface area contributed by atoms with Gasteiger partial charge in [-0.25, -0.2) is 4.79 Å². The number of ether oxygens (including phenoxy) is 4. The fourth-order valence-corrected chi connectivity index (χ4v) is 1.31. The van der Waals surface area contributed by atoms with E-state index in [4.69, 9.17) is 24.1 Å². The second-order valence-electron chi connectivity index (χ2n) is 5.12. The number of carbonyl (C=O) groups excluding carboxylic acids is 1. The summed E-state index contributed by atoms with van der Waals surface area (Å²) in [6.45, 7) is 11.9. The Kier molecular flexibility index (Phi) is 11.2. The van der Waals surface area contributed by atoms with Crippen LogP contribution in [-0.2, 0) is 23.7 Å². The van der Waals surface area contributed by atoms with Gasteiger partial charge in [0.25, 0.3) is 0 Å². The second-order valence-corrected chi connectivity index (χ2v) is 5.12. The van der Waals surface area contributed by atoms with Crippen LogP contribution in [0.2, 0.25) is 0 Å². The zero-order chi connectivity index (χ0) is 16.3. The van der Waals surface area contributed by atoms with Gasteiger partial charge in [0.2, 0.25) is 0 Å². The molecule has 0 fully saturated rings. The minimum absolute atomic E-state index is 0.0898. The van der Waals surface area contributed by atoms with Crippen LogP contribution in [0.1, 0.15) is 27.7 Å². The van der Waals surface area contributed by atoms with Gasteiger partial charge in [-0.15, -0.1) is 0 Å². The first kappa shape index (κ1) is 20.1. The highest BCUT2D eigenvalue weighted by molar-refractivity contribution is 5.81. The molecule has 0 amide bonds. The molecule has 0 aromatic rings. The lowest BCUT2D eigenvalue weighted by Gasteiger charge is -2.20. The lowest BCUT2D eigenvalue weighted by atomic mass is 10.3. The maximum atomic E-state index is 10.9. The summed E-state index contributed by atoms with van der Waals surface area (Å²) in [4.78, 5) is 10.9. The van der Waals surface area contributed by atoms with Crippen molar-refractivity contribution in [1.82, 2.24) is 0 Å². The Bertz CT molecular complexity index is 292. The van der Waals surface area contributed by atoms with Crippen molar-refractivity contribution in [3.05, 3.63) is 12.7 Å². The van der Waals surface area contributed by atoms with Crippen molar-refractivity contribution in [1.29, 1.82) is 0 Å². The molecule has 4 unspecified atom stereocenters. The fourth-order valence-electron chi connectivity index (χ4n) is 1.31. The predicted molar refractivity (Wildman–Crippen MR) is 79.1 cm³/mol. The minimum Gasteiger partial charge on any atom is -0.460 e. The molecule has 4 atom stereocenters. The Morgan fingerprint density at radius 2 is 1.38 bits per heavy atom. The van der Waals surface area contributed by atoms with Crippen LogP contribution in [0.25, 0.3) is 0 Å². The lowest BCUT2D eigenvalue weighted by Crippen LogP contribution is -2.28. The average Bonchev–Trinajstić information content (AvgIpc) is 2.45. The van der Waals surface area contributed by atoms with Crippen molar-refractivity contribution in [3.63, 3.8) is 0 Å². The molecule has 0 aliphatic rings. The molecule has 0 aliphatic heterocycles. The number of aliphatic hydroxyl groups is 1. The summed E-state index contributed by atoms with van der Waals surface area (Å²) >= 11 is 0. The van der Waals surface area contributed by atoms with E-state index in [2.05, 4.69) is 6.58 Å². The maximum absolute atomic E-state index is 10.9.